The smallest absolute Gasteiger partial charge is 0.305 e. The van der Waals surface area contributed by atoms with Crippen LogP contribution in [0, 0.1) is 10.8 Å². The molecule has 2 atom stereocenters. The molecule has 0 aromatic carbocycles. The molecule has 20 heavy (non-hydrogen) atoms. The third-order valence-corrected chi connectivity index (χ3v) is 3.76. The molecule has 0 aromatic heterocycles. The number of carboxylic acids is 1. The number of carbonyl (C=O) groups is 2. The highest BCUT2D eigenvalue weighted by atomic mass is 16.4. The summed E-state index contributed by atoms with van der Waals surface area (Å²) in [6.07, 6.45) is 2.47. The lowest BCUT2D eigenvalue weighted by atomic mass is 9.81. The predicted molar refractivity (Wildman–Crippen MR) is 78.5 cm³/mol. The minimum absolute atomic E-state index is 0.0148. The zero-order chi connectivity index (χ0) is 15.4. The fraction of sp³-hybridized carbons (Fsp3) is 0.867. The molecule has 1 saturated heterocycles. The van der Waals surface area contributed by atoms with Crippen molar-refractivity contribution in [3.8, 4) is 0 Å². The van der Waals surface area contributed by atoms with Gasteiger partial charge < -0.3 is 15.7 Å². The van der Waals surface area contributed by atoms with Gasteiger partial charge in [0.05, 0.1) is 11.8 Å². The molecule has 5 heteroatoms. The average molecular weight is 284 g/mol. The van der Waals surface area contributed by atoms with Gasteiger partial charge in [-0.2, -0.15) is 0 Å². The van der Waals surface area contributed by atoms with Crippen LogP contribution < -0.4 is 10.6 Å². The maximum Gasteiger partial charge on any atom is 0.305 e. The lowest BCUT2D eigenvalue weighted by molar-refractivity contribution is -0.138. The van der Waals surface area contributed by atoms with Crippen molar-refractivity contribution >= 4 is 11.9 Å². The number of nitrogens with one attached hydrogen (secondary N) is 2. The molecule has 116 valence electrons. The van der Waals surface area contributed by atoms with Crippen LogP contribution in [0.4, 0.5) is 0 Å². The molecule has 1 aliphatic rings. The molecule has 1 amide bonds. The summed E-state index contributed by atoms with van der Waals surface area (Å²) < 4.78 is 0. The standard InChI is InChI=1S/C15H28N2O3/c1-14(2,3)9-11(8-12(18)19)17-13(20)15(4)6-5-7-16-10-15/h11,16H,5-10H2,1-4H3,(H,17,20)(H,18,19). The summed E-state index contributed by atoms with van der Waals surface area (Å²) in [5.41, 5.74) is -0.438. The van der Waals surface area contributed by atoms with Crippen molar-refractivity contribution < 1.29 is 14.7 Å². The van der Waals surface area contributed by atoms with Crippen molar-refractivity contribution in [2.24, 2.45) is 10.8 Å². The van der Waals surface area contributed by atoms with Crippen molar-refractivity contribution in [3.05, 3.63) is 0 Å². The molecule has 0 saturated carbocycles. The van der Waals surface area contributed by atoms with Gasteiger partial charge in [-0.1, -0.05) is 20.8 Å². The van der Waals surface area contributed by atoms with Gasteiger partial charge in [-0.25, -0.2) is 0 Å². The van der Waals surface area contributed by atoms with Gasteiger partial charge in [0.2, 0.25) is 5.91 Å². The molecule has 0 spiro atoms. The van der Waals surface area contributed by atoms with E-state index in [4.69, 9.17) is 5.11 Å². The number of hydrogen-bond donors (Lipinski definition) is 3. The van der Waals surface area contributed by atoms with Gasteiger partial charge in [0.15, 0.2) is 0 Å². The average Bonchev–Trinajstić information content (AvgIpc) is 2.26. The van der Waals surface area contributed by atoms with Crippen molar-refractivity contribution in [3.63, 3.8) is 0 Å². The van der Waals surface area contributed by atoms with Gasteiger partial charge in [0.25, 0.3) is 0 Å². The molecule has 0 radical (unpaired) electrons. The molecule has 0 aliphatic carbocycles. The van der Waals surface area contributed by atoms with Crippen LogP contribution in [0.25, 0.3) is 0 Å². The SMILES string of the molecule is CC(C)(C)CC(CC(=O)O)NC(=O)C1(C)CCCNC1. The Kier molecular flexibility index (Phi) is 5.57. The first-order valence-corrected chi connectivity index (χ1v) is 7.36. The Bertz CT molecular complexity index is 355. The largest absolute Gasteiger partial charge is 0.481 e. The van der Waals surface area contributed by atoms with E-state index in [1.165, 1.54) is 0 Å². The second-order valence-corrected chi connectivity index (χ2v) is 7.37. The normalized spacial score (nSPS) is 25.0. The van der Waals surface area contributed by atoms with Crippen molar-refractivity contribution in [2.45, 2.75) is 59.4 Å². The van der Waals surface area contributed by atoms with E-state index in [0.29, 0.717) is 13.0 Å². The van der Waals surface area contributed by atoms with Crippen LogP contribution >= 0.6 is 0 Å². The number of aliphatic carboxylic acids is 1. The summed E-state index contributed by atoms with van der Waals surface area (Å²) in [5, 5.41) is 15.2. The third-order valence-electron chi connectivity index (χ3n) is 3.76. The first-order valence-electron chi connectivity index (χ1n) is 7.36. The highest BCUT2D eigenvalue weighted by molar-refractivity contribution is 5.83. The molecule has 1 fully saturated rings. The van der Waals surface area contributed by atoms with Crippen molar-refractivity contribution in [1.29, 1.82) is 0 Å². The molecule has 1 rings (SSSR count). The number of carboxylic acid groups (broad SMARTS) is 1. The van der Waals surface area contributed by atoms with Gasteiger partial charge in [-0.05, 0) is 38.1 Å². The van der Waals surface area contributed by atoms with Gasteiger partial charge in [0.1, 0.15) is 0 Å². The molecule has 0 bridgehead atoms. The van der Waals surface area contributed by atoms with Crippen LogP contribution in [0.5, 0.6) is 0 Å². The number of hydrogen-bond acceptors (Lipinski definition) is 3. The number of carbonyl (C=O) groups excluding carboxylic acids is 1. The van der Waals surface area contributed by atoms with E-state index in [2.05, 4.69) is 31.4 Å². The minimum Gasteiger partial charge on any atom is -0.481 e. The van der Waals surface area contributed by atoms with Crippen molar-refractivity contribution in [1.82, 2.24) is 10.6 Å². The van der Waals surface area contributed by atoms with Crippen LogP contribution in [0.15, 0.2) is 0 Å². The van der Waals surface area contributed by atoms with E-state index in [9.17, 15) is 9.59 Å². The Hall–Kier alpha value is -1.10. The van der Waals surface area contributed by atoms with E-state index in [1.807, 2.05) is 6.92 Å². The second kappa shape index (κ2) is 6.57. The monoisotopic (exact) mass is 284 g/mol. The van der Waals surface area contributed by atoms with Gasteiger partial charge >= 0.3 is 5.97 Å². The predicted octanol–water partition coefficient (Wildman–Crippen LogP) is 1.77. The zero-order valence-corrected chi connectivity index (χ0v) is 13.1. The summed E-state index contributed by atoms with van der Waals surface area (Å²) in [4.78, 5) is 23.4. The molecule has 5 nitrogen and oxygen atoms in total. The van der Waals surface area contributed by atoms with E-state index < -0.39 is 11.4 Å². The van der Waals surface area contributed by atoms with E-state index >= 15 is 0 Å². The fourth-order valence-electron chi connectivity index (χ4n) is 2.73. The summed E-state index contributed by atoms with van der Waals surface area (Å²) >= 11 is 0. The lowest BCUT2D eigenvalue weighted by Crippen LogP contribution is -2.52. The Labute approximate surface area is 121 Å². The Morgan fingerprint density at radius 1 is 1.40 bits per heavy atom. The maximum absolute atomic E-state index is 12.5. The van der Waals surface area contributed by atoms with Gasteiger partial charge in [-0.3, -0.25) is 9.59 Å². The molecule has 1 heterocycles. The van der Waals surface area contributed by atoms with E-state index in [-0.39, 0.29) is 23.8 Å². The summed E-state index contributed by atoms with van der Waals surface area (Å²) in [6.45, 7) is 9.72. The highest BCUT2D eigenvalue weighted by Crippen LogP contribution is 2.27. The fourth-order valence-corrected chi connectivity index (χ4v) is 2.73. The molecule has 2 unspecified atom stereocenters. The Morgan fingerprint density at radius 2 is 2.05 bits per heavy atom. The van der Waals surface area contributed by atoms with Crippen LogP contribution in [0.2, 0.25) is 0 Å². The number of rotatable bonds is 5. The van der Waals surface area contributed by atoms with Crippen molar-refractivity contribution in [2.75, 3.05) is 13.1 Å². The van der Waals surface area contributed by atoms with Gasteiger partial charge in [-0.15, -0.1) is 0 Å². The molecule has 1 aliphatic heterocycles. The molecule has 0 aromatic rings. The third kappa shape index (κ3) is 5.49. The van der Waals surface area contributed by atoms with Crippen LogP contribution in [-0.2, 0) is 9.59 Å². The summed E-state index contributed by atoms with van der Waals surface area (Å²) in [6, 6.07) is -0.307. The van der Waals surface area contributed by atoms with Gasteiger partial charge in [0, 0.05) is 12.6 Å². The van der Waals surface area contributed by atoms with Crippen LogP contribution in [0.3, 0.4) is 0 Å². The highest BCUT2D eigenvalue weighted by Gasteiger charge is 2.36. The molecular weight excluding hydrogens is 256 g/mol. The number of amides is 1. The second-order valence-electron chi connectivity index (χ2n) is 7.37. The lowest BCUT2D eigenvalue weighted by Gasteiger charge is -2.35. The first kappa shape index (κ1) is 17.0. The molecular formula is C15H28N2O3. The zero-order valence-electron chi connectivity index (χ0n) is 13.1. The van der Waals surface area contributed by atoms with Crippen LogP contribution in [-0.4, -0.2) is 36.1 Å². The topological polar surface area (TPSA) is 78.4 Å². The Balaban J connectivity index is 2.67. The maximum atomic E-state index is 12.5. The summed E-state index contributed by atoms with van der Waals surface area (Å²) in [7, 11) is 0. The first-order chi connectivity index (χ1) is 9.12. The summed E-state index contributed by atoms with van der Waals surface area (Å²) in [5.74, 6) is -0.897. The Morgan fingerprint density at radius 3 is 2.50 bits per heavy atom. The minimum atomic E-state index is -0.869. The quantitative estimate of drug-likeness (QED) is 0.719. The van der Waals surface area contributed by atoms with Crippen LogP contribution in [0.1, 0.15) is 53.4 Å². The molecule has 3 N–H and O–H groups in total. The van der Waals surface area contributed by atoms with E-state index in [0.717, 1.165) is 19.4 Å². The van der Waals surface area contributed by atoms with E-state index in [1.54, 1.807) is 0 Å². The number of piperidine rings is 1.